The van der Waals surface area contributed by atoms with Crippen LogP contribution in [0.15, 0.2) is 18.2 Å². The van der Waals surface area contributed by atoms with Gasteiger partial charge in [-0.3, -0.25) is 14.4 Å². The van der Waals surface area contributed by atoms with Gasteiger partial charge in [-0.1, -0.05) is 13.0 Å². The molecule has 0 aliphatic carbocycles. The molecule has 0 saturated carbocycles. The van der Waals surface area contributed by atoms with Crippen molar-refractivity contribution in [2.45, 2.75) is 20.3 Å². The normalized spacial score (nSPS) is 9.41. The lowest BCUT2D eigenvalue weighted by Crippen LogP contribution is -2.36. The van der Waals surface area contributed by atoms with Crippen LogP contribution in [0.3, 0.4) is 0 Å². The molecule has 0 aromatic heterocycles. The van der Waals surface area contributed by atoms with Gasteiger partial charge in [-0.15, -0.1) is 12.4 Å². The molecule has 0 saturated heterocycles. The number of aryl methyl sites for hydroxylation is 1. The smallest absolute Gasteiger partial charge is 0.243 e. The zero-order valence-electron chi connectivity index (χ0n) is 12.6. The first-order chi connectivity index (χ1) is 9.96. The highest BCUT2D eigenvalue weighted by atomic mass is 35.5. The van der Waals surface area contributed by atoms with Crippen LogP contribution in [-0.2, 0) is 14.4 Å². The summed E-state index contributed by atoms with van der Waals surface area (Å²) in [5, 5.41) is 7.77. The molecule has 0 heterocycles. The Labute approximate surface area is 135 Å². The monoisotopic (exact) mass is 328 g/mol. The first kappa shape index (κ1) is 19.9. The van der Waals surface area contributed by atoms with Gasteiger partial charge in [0.2, 0.25) is 17.7 Å². The zero-order chi connectivity index (χ0) is 15.8. The van der Waals surface area contributed by atoms with Crippen molar-refractivity contribution in [2.75, 3.05) is 23.7 Å². The molecule has 0 aliphatic rings. The van der Waals surface area contributed by atoms with E-state index in [1.807, 2.05) is 6.92 Å². The summed E-state index contributed by atoms with van der Waals surface area (Å²) in [7, 11) is 0. The highest BCUT2D eigenvalue weighted by Gasteiger charge is 2.08. The molecular formula is C14H21ClN4O3. The van der Waals surface area contributed by atoms with Crippen molar-refractivity contribution < 1.29 is 14.4 Å². The van der Waals surface area contributed by atoms with E-state index in [9.17, 15) is 14.4 Å². The Morgan fingerprint density at radius 2 is 1.77 bits per heavy atom. The summed E-state index contributed by atoms with van der Waals surface area (Å²) < 4.78 is 0. The molecule has 0 atom stereocenters. The van der Waals surface area contributed by atoms with Crippen LogP contribution in [-0.4, -0.2) is 30.8 Å². The highest BCUT2D eigenvalue weighted by molar-refractivity contribution is 5.97. The molecule has 0 fully saturated rings. The summed E-state index contributed by atoms with van der Waals surface area (Å²) in [6, 6.07) is 5.22. The lowest BCUT2D eigenvalue weighted by molar-refractivity contribution is -0.123. The van der Waals surface area contributed by atoms with Crippen LogP contribution in [0.1, 0.15) is 18.9 Å². The molecule has 22 heavy (non-hydrogen) atoms. The average Bonchev–Trinajstić information content (AvgIpc) is 2.47. The third-order valence-corrected chi connectivity index (χ3v) is 2.75. The SMILES string of the molecule is CCC(=O)Nc1ccc(C)c(NC(=O)CNC(=O)CN)c1.Cl. The molecular weight excluding hydrogens is 308 g/mol. The summed E-state index contributed by atoms with van der Waals surface area (Å²) in [5.41, 5.74) is 7.17. The fraction of sp³-hybridized carbons (Fsp3) is 0.357. The van der Waals surface area contributed by atoms with E-state index in [4.69, 9.17) is 5.73 Å². The van der Waals surface area contributed by atoms with Gasteiger partial charge in [0.1, 0.15) is 0 Å². The van der Waals surface area contributed by atoms with E-state index in [2.05, 4.69) is 16.0 Å². The van der Waals surface area contributed by atoms with Crippen LogP contribution in [0, 0.1) is 6.92 Å². The van der Waals surface area contributed by atoms with Crippen LogP contribution < -0.4 is 21.7 Å². The summed E-state index contributed by atoms with van der Waals surface area (Å²) >= 11 is 0. The molecule has 122 valence electrons. The second-order valence-electron chi connectivity index (χ2n) is 4.46. The number of carbonyl (C=O) groups is 3. The van der Waals surface area contributed by atoms with Crippen molar-refractivity contribution in [1.82, 2.24) is 5.32 Å². The number of rotatable bonds is 6. The van der Waals surface area contributed by atoms with Gasteiger partial charge in [0.15, 0.2) is 0 Å². The summed E-state index contributed by atoms with van der Waals surface area (Å²) in [5.74, 6) is -0.865. The first-order valence-corrected chi connectivity index (χ1v) is 6.63. The molecule has 1 rings (SSSR count). The minimum atomic E-state index is -0.397. The van der Waals surface area contributed by atoms with E-state index >= 15 is 0 Å². The molecule has 1 aromatic carbocycles. The molecule has 7 nitrogen and oxygen atoms in total. The zero-order valence-corrected chi connectivity index (χ0v) is 13.4. The third-order valence-electron chi connectivity index (χ3n) is 2.75. The maximum absolute atomic E-state index is 11.7. The topological polar surface area (TPSA) is 113 Å². The number of carbonyl (C=O) groups excluding carboxylic acids is 3. The van der Waals surface area contributed by atoms with Crippen molar-refractivity contribution in [1.29, 1.82) is 0 Å². The summed E-state index contributed by atoms with van der Waals surface area (Å²) in [6.07, 6.45) is 0.376. The third kappa shape index (κ3) is 6.55. The lowest BCUT2D eigenvalue weighted by Gasteiger charge is -2.11. The number of benzene rings is 1. The van der Waals surface area contributed by atoms with Crippen molar-refractivity contribution in [3.05, 3.63) is 23.8 Å². The molecule has 0 spiro atoms. The van der Waals surface area contributed by atoms with E-state index < -0.39 is 5.91 Å². The van der Waals surface area contributed by atoms with E-state index in [-0.39, 0.29) is 37.3 Å². The van der Waals surface area contributed by atoms with Gasteiger partial charge >= 0.3 is 0 Å². The Morgan fingerprint density at radius 1 is 1.09 bits per heavy atom. The number of anilines is 2. The van der Waals surface area contributed by atoms with Gasteiger partial charge in [0.05, 0.1) is 13.1 Å². The van der Waals surface area contributed by atoms with Crippen LogP contribution in [0.4, 0.5) is 11.4 Å². The van der Waals surface area contributed by atoms with Crippen LogP contribution in [0.25, 0.3) is 0 Å². The Balaban J connectivity index is 0.00000441. The van der Waals surface area contributed by atoms with E-state index in [1.54, 1.807) is 25.1 Å². The Bertz CT molecular complexity index is 549. The summed E-state index contributed by atoms with van der Waals surface area (Å²) in [4.78, 5) is 34.1. The number of nitrogens with one attached hydrogen (secondary N) is 3. The fourth-order valence-electron chi connectivity index (χ4n) is 1.53. The van der Waals surface area contributed by atoms with Crippen molar-refractivity contribution in [3.8, 4) is 0 Å². The number of amides is 3. The lowest BCUT2D eigenvalue weighted by atomic mass is 10.1. The van der Waals surface area contributed by atoms with Gasteiger partial charge in [-0.2, -0.15) is 0 Å². The van der Waals surface area contributed by atoms with E-state index in [0.29, 0.717) is 17.8 Å². The van der Waals surface area contributed by atoms with Crippen LogP contribution in [0.5, 0.6) is 0 Å². The van der Waals surface area contributed by atoms with Gasteiger partial charge < -0.3 is 21.7 Å². The van der Waals surface area contributed by atoms with Crippen molar-refractivity contribution in [3.63, 3.8) is 0 Å². The molecule has 0 radical (unpaired) electrons. The minimum Gasteiger partial charge on any atom is -0.346 e. The van der Waals surface area contributed by atoms with Crippen molar-refractivity contribution >= 4 is 41.5 Å². The number of hydrogen-bond acceptors (Lipinski definition) is 4. The molecule has 0 aliphatic heterocycles. The van der Waals surface area contributed by atoms with Crippen molar-refractivity contribution in [2.24, 2.45) is 5.73 Å². The quantitative estimate of drug-likeness (QED) is 0.618. The molecule has 0 bridgehead atoms. The predicted molar refractivity (Wildman–Crippen MR) is 88.0 cm³/mol. The number of nitrogens with two attached hydrogens (primary N) is 1. The largest absolute Gasteiger partial charge is 0.346 e. The standard InChI is InChI=1S/C14H20N4O3.ClH/c1-3-12(19)17-10-5-4-9(2)11(6-10)18-14(21)8-16-13(20)7-15;/h4-6H,3,7-8,15H2,1-2H3,(H,16,20)(H,17,19)(H,18,21);1H. The number of hydrogen-bond donors (Lipinski definition) is 4. The summed E-state index contributed by atoms with van der Waals surface area (Å²) in [6.45, 7) is 3.28. The first-order valence-electron chi connectivity index (χ1n) is 6.63. The Kier molecular flexibility index (Phi) is 8.81. The average molecular weight is 329 g/mol. The van der Waals surface area contributed by atoms with Gasteiger partial charge in [0, 0.05) is 17.8 Å². The molecule has 0 unspecified atom stereocenters. The van der Waals surface area contributed by atoms with Gasteiger partial charge in [-0.05, 0) is 24.6 Å². The highest BCUT2D eigenvalue weighted by Crippen LogP contribution is 2.20. The second-order valence-corrected chi connectivity index (χ2v) is 4.46. The van der Waals surface area contributed by atoms with E-state index in [1.165, 1.54) is 0 Å². The fourth-order valence-corrected chi connectivity index (χ4v) is 1.53. The van der Waals surface area contributed by atoms with Crippen LogP contribution in [0.2, 0.25) is 0 Å². The molecule has 1 aromatic rings. The Hall–Kier alpha value is -2.12. The minimum absolute atomic E-state index is 0. The molecule has 3 amide bonds. The van der Waals surface area contributed by atoms with Crippen LogP contribution >= 0.6 is 12.4 Å². The Morgan fingerprint density at radius 3 is 2.36 bits per heavy atom. The van der Waals surface area contributed by atoms with E-state index in [0.717, 1.165) is 5.56 Å². The molecule has 8 heteroatoms. The maximum atomic E-state index is 11.7. The maximum Gasteiger partial charge on any atom is 0.243 e. The number of halogens is 1. The van der Waals surface area contributed by atoms with Gasteiger partial charge in [0.25, 0.3) is 0 Å². The van der Waals surface area contributed by atoms with Gasteiger partial charge in [-0.25, -0.2) is 0 Å². The predicted octanol–water partition coefficient (Wildman–Crippen LogP) is 0.779. The molecule has 5 N–H and O–H groups in total. The second kappa shape index (κ2) is 9.75.